The van der Waals surface area contributed by atoms with Crippen LogP contribution in [0.2, 0.25) is 0 Å². The Morgan fingerprint density at radius 3 is 2.71 bits per heavy atom. The summed E-state index contributed by atoms with van der Waals surface area (Å²) in [5.41, 5.74) is -0.0894. The number of hydrogen-bond acceptors (Lipinski definition) is 6. The summed E-state index contributed by atoms with van der Waals surface area (Å²) in [5.74, 6) is -0.0646. The van der Waals surface area contributed by atoms with E-state index >= 15 is 0 Å². The molecule has 0 aromatic carbocycles. The van der Waals surface area contributed by atoms with Crippen LogP contribution in [0.15, 0.2) is 12.3 Å². The Morgan fingerprint density at radius 2 is 2.19 bits per heavy atom. The van der Waals surface area contributed by atoms with Crippen molar-refractivity contribution >= 4 is 17.4 Å². The molecule has 0 spiro atoms. The second kappa shape index (κ2) is 8.15. The van der Waals surface area contributed by atoms with E-state index in [0.717, 1.165) is 12.6 Å². The molecule has 0 unspecified atom stereocenters. The molecule has 8 heteroatoms. The maximum Gasteiger partial charge on any atom is 0.288 e. The third kappa shape index (κ3) is 4.38. The monoisotopic (exact) mass is 296 g/mol. The van der Waals surface area contributed by atoms with Crippen LogP contribution in [0.1, 0.15) is 30.6 Å². The van der Waals surface area contributed by atoms with Gasteiger partial charge < -0.3 is 15.3 Å². The fraction of sp³-hybridized carbons (Fsp3) is 0.538. The van der Waals surface area contributed by atoms with Gasteiger partial charge in [-0.3, -0.25) is 14.9 Å². The molecule has 0 bridgehead atoms. The Kier molecular flexibility index (Phi) is 6.54. The van der Waals surface area contributed by atoms with Crippen molar-refractivity contribution in [1.29, 1.82) is 0 Å². The number of pyridine rings is 1. The van der Waals surface area contributed by atoms with Gasteiger partial charge in [0.05, 0.1) is 17.1 Å². The minimum absolute atomic E-state index is 0.146. The number of nitrogens with one attached hydrogen (secondary N) is 1. The van der Waals surface area contributed by atoms with Crippen LogP contribution in [0.4, 0.5) is 11.5 Å². The van der Waals surface area contributed by atoms with Gasteiger partial charge in [0.15, 0.2) is 0 Å². The van der Waals surface area contributed by atoms with E-state index in [2.05, 4.69) is 10.3 Å². The molecule has 0 fully saturated rings. The topological polar surface area (TPSA) is 109 Å². The van der Waals surface area contributed by atoms with Crippen molar-refractivity contribution in [2.24, 2.45) is 0 Å². The highest BCUT2D eigenvalue weighted by atomic mass is 16.6. The number of amides is 1. The summed E-state index contributed by atoms with van der Waals surface area (Å²) >= 11 is 0. The Balaban J connectivity index is 3.18. The zero-order valence-electron chi connectivity index (χ0n) is 12.2. The Bertz CT molecular complexity index is 501. The van der Waals surface area contributed by atoms with Crippen molar-refractivity contribution in [2.45, 2.75) is 20.3 Å². The lowest BCUT2D eigenvalue weighted by atomic mass is 10.2. The number of aliphatic hydroxyl groups is 1. The molecule has 0 aliphatic heterocycles. The number of carbonyl (C=O) groups excluding carboxylic acids is 1. The Labute approximate surface area is 122 Å². The second-order valence-electron chi connectivity index (χ2n) is 4.39. The third-order valence-corrected chi connectivity index (χ3v) is 2.81. The van der Waals surface area contributed by atoms with E-state index in [-0.39, 0.29) is 30.3 Å². The van der Waals surface area contributed by atoms with Gasteiger partial charge in [0.1, 0.15) is 12.0 Å². The van der Waals surface area contributed by atoms with Gasteiger partial charge in [0.2, 0.25) is 0 Å². The number of carbonyl (C=O) groups is 1. The van der Waals surface area contributed by atoms with Crippen LogP contribution in [-0.4, -0.2) is 52.1 Å². The minimum atomic E-state index is -0.588. The summed E-state index contributed by atoms with van der Waals surface area (Å²) in [6.07, 6.45) is 1.84. The number of hydrogen-bond donors (Lipinski definition) is 2. The number of nitro groups is 1. The van der Waals surface area contributed by atoms with Crippen LogP contribution in [0.5, 0.6) is 0 Å². The molecule has 0 aliphatic carbocycles. The summed E-state index contributed by atoms with van der Waals surface area (Å²) in [4.78, 5) is 28.2. The highest BCUT2D eigenvalue weighted by Crippen LogP contribution is 2.21. The van der Waals surface area contributed by atoms with E-state index in [1.54, 1.807) is 0 Å². The molecule has 0 atom stereocenters. The maximum atomic E-state index is 12.5. The Morgan fingerprint density at radius 1 is 1.48 bits per heavy atom. The molecule has 116 valence electrons. The summed E-state index contributed by atoms with van der Waals surface area (Å²) in [6, 6.07) is 1.22. The van der Waals surface area contributed by atoms with Crippen molar-refractivity contribution in [3.8, 4) is 0 Å². The molecule has 8 nitrogen and oxygen atoms in total. The summed E-state index contributed by atoms with van der Waals surface area (Å²) in [6.45, 7) is 4.78. The lowest BCUT2D eigenvalue weighted by Crippen LogP contribution is -2.34. The molecule has 1 heterocycles. The predicted octanol–water partition coefficient (Wildman–Crippen LogP) is 1.27. The maximum absolute atomic E-state index is 12.5. The second-order valence-corrected chi connectivity index (χ2v) is 4.39. The number of nitrogens with zero attached hydrogens (tertiary/aromatic N) is 3. The van der Waals surface area contributed by atoms with Gasteiger partial charge in [-0.1, -0.05) is 6.92 Å². The first kappa shape index (κ1) is 16.8. The van der Waals surface area contributed by atoms with E-state index in [0.29, 0.717) is 18.9 Å². The first-order chi connectivity index (χ1) is 10.0. The molecule has 0 saturated carbocycles. The van der Waals surface area contributed by atoms with Crippen molar-refractivity contribution in [3.63, 3.8) is 0 Å². The van der Waals surface area contributed by atoms with Crippen molar-refractivity contribution in [1.82, 2.24) is 9.88 Å². The fourth-order valence-corrected chi connectivity index (χ4v) is 1.90. The largest absolute Gasteiger partial charge is 0.395 e. The van der Waals surface area contributed by atoms with Gasteiger partial charge in [-0.15, -0.1) is 0 Å². The molecule has 0 saturated heterocycles. The van der Waals surface area contributed by atoms with E-state index in [9.17, 15) is 14.9 Å². The molecular weight excluding hydrogens is 276 g/mol. The molecule has 1 aromatic heterocycles. The highest BCUT2D eigenvalue weighted by molar-refractivity contribution is 5.99. The van der Waals surface area contributed by atoms with Crippen LogP contribution < -0.4 is 5.32 Å². The van der Waals surface area contributed by atoms with E-state index in [1.807, 2.05) is 13.8 Å². The van der Waals surface area contributed by atoms with Gasteiger partial charge in [-0.05, 0) is 13.3 Å². The molecule has 21 heavy (non-hydrogen) atoms. The number of anilines is 1. The average molecular weight is 296 g/mol. The van der Waals surface area contributed by atoms with Crippen LogP contribution in [0, 0.1) is 10.1 Å². The zero-order valence-corrected chi connectivity index (χ0v) is 12.2. The fourth-order valence-electron chi connectivity index (χ4n) is 1.90. The van der Waals surface area contributed by atoms with E-state index < -0.39 is 4.92 Å². The van der Waals surface area contributed by atoms with Crippen LogP contribution in [0.25, 0.3) is 0 Å². The first-order valence-electron chi connectivity index (χ1n) is 6.83. The molecule has 0 aliphatic rings. The molecule has 1 rings (SSSR count). The number of aromatic nitrogens is 1. The quantitative estimate of drug-likeness (QED) is 0.552. The molecule has 1 amide bonds. The van der Waals surface area contributed by atoms with E-state index in [1.165, 1.54) is 11.0 Å². The van der Waals surface area contributed by atoms with Gasteiger partial charge >= 0.3 is 0 Å². The van der Waals surface area contributed by atoms with Crippen molar-refractivity contribution < 1.29 is 14.8 Å². The summed E-state index contributed by atoms with van der Waals surface area (Å²) < 4.78 is 0. The summed E-state index contributed by atoms with van der Waals surface area (Å²) in [5, 5.41) is 22.8. The normalized spacial score (nSPS) is 10.2. The Hall–Kier alpha value is -2.22. The SMILES string of the molecule is CCCN(CCO)C(=O)c1cc([N+](=O)[O-])cnc1NCC. The van der Waals surface area contributed by atoms with Gasteiger partial charge in [-0.2, -0.15) is 0 Å². The molecule has 2 N–H and O–H groups in total. The van der Waals surface area contributed by atoms with Crippen LogP contribution in [0.3, 0.4) is 0 Å². The van der Waals surface area contributed by atoms with Gasteiger partial charge in [-0.25, -0.2) is 4.98 Å². The van der Waals surface area contributed by atoms with Crippen molar-refractivity contribution in [3.05, 3.63) is 27.9 Å². The van der Waals surface area contributed by atoms with Crippen LogP contribution in [-0.2, 0) is 0 Å². The molecular formula is C13H20N4O4. The third-order valence-electron chi connectivity index (χ3n) is 2.81. The smallest absolute Gasteiger partial charge is 0.288 e. The van der Waals surface area contributed by atoms with Gasteiger partial charge in [0, 0.05) is 25.7 Å². The highest BCUT2D eigenvalue weighted by Gasteiger charge is 2.22. The molecule has 0 radical (unpaired) electrons. The molecule has 1 aromatic rings. The van der Waals surface area contributed by atoms with Crippen LogP contribution >= 0.6 is 0 Å². The lowest BCUT2D eigenvalue weighted by Gasteiger charge is -2.22. The zero-order chi connectivity index (χ0) is 15.8. The number of aliphatic hydroxyl groups excluding tert-OH is 1. The minimum Gasteiger partial charge on any atom is -0.395 e. The van der Waals surface area contributed by atoms with Crippen molar-refractivity contribution in [2.75, 3.05) is 31.6 Å². The van der Waals surface area contributed by atoms with E-state index in [4.69, 9.17) is 5.11 Å². The number of rotatable bonds is 8. The summed E-state index contributed by atoms with van der Waals surface area (Å²) in [7, 11) is 0. The average Bonchev–Trinajstić information content (AvgIpc) is 2.47. The van der Waals surface area contributed by atoms with Gasteiger partial charge in [0.25, 0.3) is 11.6 Å². The lowest BCUT2D eigenvalue weighted by molar-refractivity contribution is -0.385. The predicted molar refractivity (Wildman–Crippen MR) is 78.3 cm³/mol. The standard InChI is InChI=1S/C13H20N4O4/c1-3-5-16(6-7-18)13(19)11-8-10(17(20)21)9-15-12(11)14-4-2/h8-9,18H,3-7H2,1-2H3,(H,14,15). The first-order valence-corrected chi connectivity index (χ1v) is 6.83.